The van der Waals surface area contributed by atoms with Crippen LogP contribution in [0.5, 0.6) is 5.75 Å². The quantitative estimate of drug-likeness (QED) is 0.262. The third kappa shape index (κ3) is 4.34. The summed E-state index contributed by atoms with van der Waals surface area (Å²) in [5.74, 6) is -1.27. The second kappa shape index (κ2) is 9.30. The van der Waals surface area contributed by atoms with Gasteiger partial charge in [0.1, 0.15) is 11.5 Å². The van der Waals surface area contributed by atoms with Crippen molar-refractivity contribution in [1.82, 2.24) is 0 Å². The van der Waals surface area contributed by atoms with Gasteiger partial charge in [-0.3, -0.25) is 14.5 Å². The van der Waals surface area contributed by atoms with Gasteiger partial charge < -0.3 is 9.84 Å². The molecule has 33 heavy (non-hydrogen) atoms. The molecule has 0 aliphatic carbocycles. The summed E-state index contributed by atoms with van der Waals surface area (Å²) in [7, 11) is 0. The minimum atomic E-state index is -0.837. The Hall–Kier alpha value is -3.28. The van der Waals surface area contributed by atoms with Gasteiger partial charge in [0.25, 0.3) is 11.7 Å². The van der Waals surface area contributed by atoms with Gasteiger partial charge in [0.05, 0.1) is 28.3 Å². The molecule has 1 aliphatic rings. The van der Waals surface area contributed by atoms with Crippen molar-refractivity contribution in [3.8, 4) is 5.75 Å². The molecule has 1 amide bonds. The highest BCUT2D eigenvalue weighted by Gasteiger charge is 2.47. The number of anilines is 1. The van der Waals surface area contributed by atoms with Crippen molar-refractivity contribution in [2.45, 2.75) is 19.9 Å². The SMILES string of the molecule is CCOc1cccc(N2C(=O)C(=O)/C(=C(/O)c3ccc(Cl)c(Cl)c3)C2c2cccc(C)c2)c1. The third-order valence-electron chi connectivity index (χ3n) is 5.40. The normalized spacial score (nSPS) is 17.5. The molecule has 3 aromatic rings. The molecule has 168 valence electrons. The number of halogens is 2. The lowest BCUT2D eigenvalue weighted by atomic mass is 9.94. The number of aryl methyl sites for hydroxylation is 1. The van der Waals surface area contributed by atoms with Crippen molar-refractivity contribution in [2.75, 3.05) is 11.5 Å². The van der Waals surface area contributed by atoms with Gasteiger partial charge in [-0.1, -0.05) is 59.1 Å². The standard InChI is InChI=1S/C26H21Cl2NO4/c1-3-33-19-9-5-8-18(14-19)29-23(16-7-4-6-15(2)12-16)22(25(31)26(29)32)24(30)17-10-11-20(27)21(28)13-17/h4-14,23,30H,3H2,1-2H3/b24-22+. The Morgan fingerprint density at radius 3 is 2.45 bits per heavy atom. The molecule has 1 fully saturated rings. The number of aliphatic hydroxyl groups excluding tert-OH is 1. The summed E-state index contributed by atoms with van der Waals surface area (Å²) >= 11 is 12.1. The maximum absolute atomic E-state index is 13.3. The maximum Gasteiger partial charge on any atom is 0.300 e. The molecule has 0 aromatic heterocycles. The Labute approximate surface area is 201 Å². The van der Waals surface area contributed by atoms with Crippen LogP contribution in [0.25, 0.3) is 5.76 Å². The Bertz CT molecular complexity index is 1280. The maximum atomic E-state index is 13.3. The Balaban J connectivity index is 1.94. The number of carbonyl (C=O) groups is 2. The fourth-order valence-corrected chi connectivity index (χ4v) is 4.24. The van der Waals surface area contributed by atoms with E-state index in [1.165, 1.54) is 17.0 Å². The molecule has 4 rings (SSSR count). The summed E-state index contributed by atoms with van der Waals surface area (Å²) in [6.45, 7) is 4.24. The van der Waals surface area contributed by atoms with E-state index in [0.717, 1.165) is 5.56 Å². The zero-order chi connectivity index (χ0) is 23.7. The van der Waals surface area contributed by atoms with E-state index < -0.39 is 17.7 Å². The van der Waals surface area contributed by atoms with Gasteiger partial charge in [0.2, 0.25) is 0 Å². The molecule has 1 unspecified atom stereocenters. The molecule has 3 aromatic carbocycles. The number of benzene rings is 3. The monoisotopic (exact) mass is 481 g/mol. The zero-order valence-corrected chi connectivity index (χ0v) is 19.5. The van der Waals surface area contributed by atoms with Crippen LogP contribution < -0.4 is 9.64 Å². The molecule has 1 aliphatic heterocycles. The van der Waals surface area contributed by atoms with Crippen molar-refractivity contribution in [3.63, 3.8) is 0 Å². The van der Waals surface area contributed by atoms with Gasteiger partial charge in [0.15, 0.2) is 0 Å². The zero-order valence-electron chi connectivity index (χ0n) is 18.0. The van der Waals surface area contributed by atoms with E-state index >= 15 is 0 Å². The molecule has 1 N–H and O–H groups in total. The molecular formula is C26H21Cl2NO4. The highest BCUT2D eigenvalue weighted by atomic mass is 35.5. The first-order valence-electron chi connectivity index (χ1n) is 10.4. The Kier molecular flexibility index (Phi) is 6.45. The lowest BCUT2D eigenvalue weighted by Gasteiger charge is -2.26. The van der Waals surface area contributed by atoms with Crippen molar-refractivity contribution in [3.05, 3.63) is 99.0 Å². The van der Waals surface area contributed by atoms with Gasteiger partial charge in [-0.2, -0.15) is 0 Å². The second-order valence-electron chi connectivity index (χ2n) is 7.64. The Morgan fingerprint density at radius 2 is 1.76 bits per heavy atom. The summed E-state index contributed by atoms with van der Waals surface area (Å²) in [5, 5.41) is 11.7. The van der Waals surface area contributed by atoms with Crippen LogP contribution in [-0.4, -0.2) is 23.4 Å². The van der Waals surface area contributed by atoms with Crippen LogP contribution in [0.4, 0.5) is 5.69 Å². The summed E-state index contributed by atoms with van der Waals surface area (Å²) in [5.41, 5.74) is 2.41. The van der Waals surface area contributed by atoms with E-state index in [-0.39, 0.29) is 16.4 Å². The summed E-state index contributed by atoms with van der Waals surface area (Å²) < 4.78 is 5.58. The van der Waals surface area contributed by atoms with Crippen molar-refractivity contribution in [2.24, 2.45) is 0 Å². The number of ether oxygens (including phenoxy) is 1. The molecule has 7 heteroatoms. The molecule has 0 spiro atoms. The second-order valence-corrected chi connectivity index (χ2v) is 8.46. The highest BCUT2D eigenvalue weighted by Crippen LogP contribution is 2.43. The predicted molar refractivity (Wildman–Crippen MR) is 130 cm³/mol. The summed E-state index contributed by atoms with van der Waals surface area (Å²) in [6, 6.07) is 18.2. The number of carbonyl (C=O) groups excluding carboxylic acids is 2. The third-order valence-corrected chi connectivity index (χ3v) is 6.14. The number of Topliss-reactive ketones (excluding diaryl/α,β-unsaturated/α-hetero) is 1. The topological polar surface area (TPSA) is 66.8 Å². The van der Waals surface area contributed by atoms with Crippen molar-refractivity contribution in [1.29, 1.82) is 0 Å². The minimum Gasteiger partial charge on any atom is -0.507 e. The number of nitrogens with zero attached hydrogens (tertiary/aromatic N) is 1. The fourth-order valence-electron chi connectivity index (χ4n) is 3.94. The number of aliphatic hydroxyl groups is 1. The molecule has 5 nitrogen and oxygen atoms in total. The van der Waals surface area contributed by atoms with Crippen LogP contribution in [-0.2, 0) is 9.59 Å². The highest BCUT2D eigenvalue weighted by molar-refractivity contribution is 6.51. The fraction of sp³-hybridized carbons (Fsp3) is 0.154. The first kappa shape index (κ1) is 22.9. The van der Waals surface area contributed by atoms with Crippen LogP contribution in [0.1, 0.15) is 29.7 Å². The van der Waals surface area contributed by atoms with Gasteiger partial charge in [-0.25, -0.2) is 0 Å². The van der Waals surface area contributed by atoms with Crippen LogP contribution >= 0.6 is 23.2 Å². The number of hydrogen-bond acceptors (Lipinski definition) is 4. The largest absolute Gasteiger partial charge is 0.507 e. The average Bonchev–Trinajstić information content (AvgIpc) is 3.06. The van der Waals surface area contributed by atoms with E-state index in [1.54, 1.807) is 30.3 Å². The van der Waals surface area contributed by atoms with Crippen LogP contribution in [0.2, 0.25) is 10.0 Å². The summed E-state index contributed by atoms with van der Waals surface area (Å²) in [4.78, 5) is 27.9. The van der Waals surface area contributed by atoms with Crippen LogP contribution in [0.15, 0.2) is 72.3 Å². The lowest BCUT2D eigenvalue weighted by Crippen LogP contribution is -2.29. The first-order valence-corrected chi connectivity index (χ1v) is 11.1. The summed E-state index contributed by atoms with van der Waals surface area (Å²) in [6.07, 6.45) is 0. The minimum absolute atomic E-state index is 0.0224. The Morgan fingerprint density at radius 1 is 1.00 bits per heavy atom. The molecule has 0 radical (unpaired) electrons. The smallest absolute Gasteiger partial charge is 0.300 e. The number of ketones is 1. The molecular weight excluding hydrogens is 461 g/mol. The molecule has 0 saturated carbocycles. The molecule has 0 bridgehead atoms. The number of amides is 1. The van der Waals surface area contributed by atoms with Gasteiger partial charge in [-0.15, -0.1) is 0 Å². The molecule has 1 heterocycles. The van der Waals surface area contributed by atoms with E-state index in [2.05, 4.69) is 0 Å². The molecule has 1 saturated heterocycles. The van der Waals surface area contributed by atoms with E-state index in [0.29, 0.717) is 34.2 Å². The molecule has 1 atom stereocenters. The number of rotatable bonds is 5. The van der Waals surface area contributed by atoms with Gasteiger partial charge in [0, 0.05) is 17.3 Å². The van der Waals surface area contributed by atoms with Crippen LogP contribution in [0, 0.1) is 6.92 Å². The van der Waals surface area contributed by atoms with E-state index in [9.17, 15) is 14.7 Å². The average molecular weight is 482 g/mol. The lowest BCUT2D eigenvalue weighted by molar-refractivity contribution is -0.132. The van der Waals surface area contributed by atoms with Crippen LogP contribution in [0.3, 0.4) is 0 Å². The van der Waals surface area contributed by atoms with E-state index in [1.807, 2.05) is 38.1 Å². The number of hydrogen-bond donors (Lipinski definition) is 1. The van der Waals surface area contributed by atoms with Crippen molar-refractivity contribution < 1.29 is 19.4 Å². The van der Waals surface area contributed by atoms with Gasteiger partial charge >= 0.3 is 0 Å². The van der Waals surface area contributed by atoms with E-state index in [4.69, 9.17) is 27.9 Å². The van der Waals surface area contributed by atoms with Gasteiger partial charge in [-0.05, 0) is 49.7 Å². The van der Waals surface area contributed by atoms with Crippen molar-refractivity contribution >= 4 is 46.3 Å². The first-order chi connectivity index (χ1) is 15.8. The predicted octanol–water partition coefficient (Wildman–Crippen LogP) is 6.33.